The summed E-state index contributed by atoms with van der Waals surface area (Å²) in [5, 5.41) is 11.8. The van der Waals surface area contributed by atoms with E-state index in [-0.39, 0.29) is 5.91 Å². The molecular weight excluding hydrogens is 230 g/mol. The van der Waals surface area contributed by atoms with E-state index in [2.05, 4.69) is 5.32 Å². The molecule has 2 rings (SSSR count). The molecule has 4 nitrogen and oxygen atoms in total. The third-order valence-corrected chi connectivity index (χ3v) is 3.41. The number of carboxylic acids is 1. The van der Waals surface area contributed by atoms with Crippen LogP contribution in [0.25, 0.3) is 0 Å². The summed E-state index contributed by atoms with van der Waals surface area (Å²) in [6.45, 7) is 3.46. The Hall–Kier alpha value is -1.84. The SMILES string of the molecule is CC(C)(CCc1ccc2c(c1)CC(=O)N2)C(=O)O. The summed E-state index contributed by atoms with van der Waals surface area (Å²) in [6.07, 6.45) is 1.72. The first kappa shape index (κ1) is 12.6. The zero-order valence-electron chi connectivity index (χ0n) is 10.6. The van der Waals surface area contributed by atoms with Crippen LogP contribution in [0.15, 0.2) is 18.2 Å². The second-order valence-electron chi connectivity index (χ2n) is 5.41. The van der Waals surface area contributed by atoms with Gasteiger partial charge in [-0.3, -0.25) is 9.59 Å². The zero-order valence-corrected chi connectivity index (χ0v) is 10.6. The molecule has 2 N–H and O–H groups in total. The maximum Gasteiger partial charge on any atom is 0.309 e. The van der Waals surface area contributed by atoms with Crippen LogP contribution >= 0.6 is 0 Å². The minimum atomic E-state index is -0.777. The summed E-state index contributed by atoms with van der Waals surface area (Å²) in [4.78, 5) is 22.2. The molecule has 0 saturated carbocycles. The molecule has 1 aromatic rings. The molecule has 1 aliphatic rings. The van der Waals surface area contributed by atoms with Crippen LogP contribution in [0.2, 0.25) is 0 Å². The number of aryl methyl sites for hydroxylation is 1. The van der Waals surface area contributed by atoms with Crippen molar-refractivity contribution in [3.05, 3.63) is 29.3 Å². The van der Waals surface area contributed by atoms with Crippen molar-refractivity contribution in [3.63, 3.8) is 0 Å². The fourth-order valence-electron chi connectivity index (χ4n) is 2.00. The quantitative estimate of drug-likeness (QED) is 0.857. The van der Waals surface area contributed by atoms with E-state index in [1.54, 1.807) is 13.8 Å². The first-order valence-electron chi connectivity index (χ1n) is 6.03. The Morgan fingerprint density at radius 3 is 2.83 bits per heavy atom. The fraction of sp³-hybridized carbons (Fsp3) is 0.429. The number of fused-ring (bicyclic) bond motifs is 1. The van der Waals surface area contributed by atoms with Gasteiger partial charge < -0.3 is 10.4 Å². The molecule has 0 spiro atoms. The zero-order chi connectivity index (χ0) is 13.3. The molecule has 1 aromatic carbocycles. The highest BCUT2D eigenvalue weighted by atomic mass is 16.4. The molecule has 0 bridgehead atoms. The third-order valence-electron chi connectivity index (χ3n) is 3.41. The van der Waals surface area contributed by atoms with Gasteiger partial charge in [-0.25, -0.2) is 0 Å². The topological polar surface area (TPSA) is 66.4 Å². The lowest BCUT2D eigenvalue weighted by Crippen LogP contribution is -2.24. The van der Waals surface area contributed by atoms with Crippen LogP contribution in [0.1, 0.15) is 31.4 Å². The van der Waals surface area contributed by atoms with Gasteiger partial charge in [0.2, 0.25) is 5.91 Å². The lowest BCUT2D eigenvalue weighted by atomic mass is 9.86. The van der Waals surface area contributed by atoms with E-state index in [4.69, 9.17) is 5.11 Å². The van der Waals surface area contributed by atoms with Crippen molar-refractivity contribution >= 4 is 17.6 Å². The van der Waals surface area contributed by atoms with E-state index in [1.807, 2.05) is 18.2 Å². The summed E-state index contributed by atoms with van der Waals surface area (Å²) < 4.78 is 0. The molecule has 18 heavy (non-hydrogen) atoms. The first-order valence-corrected chi connectivity index (χ1v) is 6.03. The monoisotopic (exact) mass is 247 g/mol. The van der Waals surface area contributed by atoms with Crippen LogP contribution in [0.3, 0.4) is 0 Å². The Labute approximate surface area is 106 Å². The summed E-state index contributed by atoms with van der Waals surface area (Å²) in [6, 6.07) is 5.83. The Morgan fingerprint density at radius 2 is 2.17 bits per heavy atom. The lowest BCUT2D eigenvalue weighted by molar-refractivity contribution is -0.147. The highest BCUT2D eigenvalue weighted by Crippen LogP contribution is 2.27. The van der Waals surface area contributed by atoms with E-state index < -0.39 is 11.4 Å². The van der Waals surface area contributed by atoms with Gasteiger partial charge in [0.05, 0.1) is 11.8 Å². The summed E-state index contributed by atoms with van der Waals surface area (Å²) >= 11 is 0. The Balaban J connectivity index is 2.06. The highest BCUT2D eigenvalue weighted by molar-refractivity contribution is 5.99. The predicted octanol–water partition coefficient (Wildman–Crippen LogP) is 2.22. The van der Waals surface area contributed by atoms with Crippen molar-refractivity contribution in [1.82, 2.24) is 0 Å². The van der Waals surface area contributed by atoms with E-state index in [0.717, 1.165) is 16.8 Å². The largest absolute Gasteiger partial charge is 0.481 e. The number of rotatable bonds is 4. The van der Waals surface area contributed by atoms with Gasteiger partial charge in [0.1, 0.15) is 0 Å². The predicted molar refractivity (Wildman–Crippen MR) is 68.5 cm³/mol. The van der Waals surface area contributed by atoms with Crippen LogP contribution < -0.4 is 5.32 Å². The van der Waals surface area contributed by atoms with Crippen LogP contribution in [0.5, 0.6) is 0 Å². The van der Waals surface area contributed by atoms with Gasteiger partial charge in [-0.05, 0) is 43.9 Å². The van der Waals surface area contributed by atoms with Crippen LogP contribution in [-0.4, -0.2) is 17.0 Å². The number of anilines is 1. The van der Waals surface area contributed by atoms with Crippen molar-refractivity contribution in [2.45, 2.75) is 33.1 Å². The number of carbonyl (C=O) groups is 2. The van der Waals surface area contributed by atoms with Crippen molar-refractivity contribution in [2.75, 3.05) is 5.32 Å². The van der Waals surface area contributed by atoms with Crippen LogP contribution in [0, 0.1) is 5.41 Å². The maximum absolute atomic E-state index is 11.2. The normalized spacial score (nSPS) is 14.2. The van der Waals surface area contributed by atoms with Gasteiger partial charge in [-0.1, -0.05) is 12.1 Å². The molecule has 0 unspecified atom stereocenters. The van der Waals surface area contributed by atoms with Gasteiger partial charge in [-0.2, -0.15) is 0 Å². The molecule has 4 heteroatoms. The number of carbonyl (C=O) groups excluding carboxylic acids is 1. The molecule has 0 aromatic heterocycles. The highest BCUT2D eigenvalue weighted by Gasteiger charge is 2.26. The molecule has 96 valence electrons. The Bertz CT molecular complexity index is 506. The van der Waals surface area contributed by atoms with Crippen molar-refractivity contribution in [2.24, 2.45) is 5.41 Å². The molecule has 0 radical (unpaired) electrons. The van der Waals surface area contributed by atoms with E-state index in [1.165, 1.54) is 0 Å². The molecule has 0 saturated heterocycles. The number of benzene rings is 1. The maximum atomic E-state index is 11.2. The average Bonchev–Trinajstić information content (AvgIpc) is 2.65. The summed E-state index contributed by atoms with van der Waals surface area (Å²) in [5.74, 6) is -0.756. The first-order chi connectivity index (χ1) is 8.38. The van der Waals surface area contributed by atoms with E-state index in [9.17, 15) is 9.59 Å². The second-order valence-corrected chi connectivity index (χ2v) is 5.41. The number of aliphatic carboxylic acids is 1. The standard InChI is InChI=1S/C14H17NO3/c1-14(2,13(17)18)6-5-9-3-4-11-10(7-9)8-12(16)15-11/h3-4,7H,5-6,8H2,1-2H3,(H,15,16)(H,17,18). The van der Waals surface area contributed by atoms with Crippen molar-refractivity contribution in [3.8, 4) is 0 Å². The van der Waals surface area contributed by atoms with Crippen molar-refractivity contribution < 1.29 is 14.7 Å². The van der Waals surface area contributed by atoms with Gasteiger partial charge in [0, 0.05) is 5.69 Å². The number of amides is 1. The van der Waals surface area contributed by atoms with Gasteiger partial charge in [0.25, 0.3) is 0 Å². The number of nitrogens with one attached hydrogen (secondary N) is 1. The van der Waals surface area contributed by atoms with Gasteiger partial charge >= 0.3 is 5.97 Å². The summed E-state index contributed by atoms with van der Waals surface area (Å²) in [7, 11) is 0. The molecular formula is C14H17NO3. The molecule has 1 aliphatic heterocycles. The molecule has 0 atom stereocenters. The molecule has 0 fully saturated rings. The Morgan fingerprint density at radius 1 is 1.44 bits per heavy atom. The number of hydrogen-bond acceptors (Lipinski definition) is 2. The van der Waals surface area contributed by atoms with E-state index in [0.29, 0.717) is 19.3 Å². The van der Waals surface area contributed by atoms with Gasteiger partial charge in [0.15, 0.2) is 0 Å². The number of carboxylic acid groups (broad SMARTS) is 1. The smallest absolute Gasteiger partial charge is 0.309 e. The molecule has 1 amide bonds. The number of hydrogen-bond donors (Lipinski definition) is 2. The minimum absolute atomic E-state index is 0.0213. The average molecular weight is 247 g/mol. The van der Waals surface area contributed by atoms with Gasteiger partial charge in [-0.15, -0.1) is 0 Å². The fourth-order valence-corrected chi connectivity index (χ4v) is 2.00. The molecule has 1 heterocycles. The Kier molecular flexibility index (Phi) is 3.11. The van der Waals surface area contributed by atoms with Crippen LogP contribution in [0.4, 0.5) is 5.69 Å². The molecule has 0 aliphatic carbocycles. The minimum Gasteiger partial charge on any atom is -0.481 e. The van der Waals surface area contributed by atoms with Crippen LogP contribution in [-0.2, 0) is 22.4 Å². The van der Waals surface area contributed by atoms with Crippen molar-refractivity contribution in [1.29, 1.82) is 0 Å². The second kappa shape index (κ2) is 4.44. The third kappa shape index (κ3) is 2.53. The van der Waals surface area contributed by atoms with E-state index >= 15 is 0 Å². The lowest BCUT2D eigenvalue weighted by Gasteiger charge is -2.18. The summed E-state index contributed by atoms with van der Waals surface area (Å²) in [5.41, 5.74) is 2.25.